The molecule has 2 nitrogen and oxygen atoms in total. The van der Waals surface area contributed by atoms with Gasteiger partial charge in [0.05, 0.1) is 0 Å². The second-order valence-electron chi connectivity index (χ2n) is 7.16. The summed E-state index contributed by atoms with van der Waals surface area (Å²) in [4.78, 5) is 0. The topological polar surface area (TPSA) is 24.1 Å². The Kier molecular flexibility index (Phi) is 4.14. The molecule has 1 spiro atoms. The van der Waals surface area contributed by atoms with Gasteiger partial charge in [-0.3, -0.25) is 0 Å². The van der Waals surface area contributed by atoms with E-state index in [9.17, 15) is 0 Å². The zero-order valence-electron chi connectivity index (χ0n) is 12.1. The van der Waals surface area contributed by atoms with Gasteiger partial charge in [-0.1, -0.05) is 27.7 Å². The first-order valence-electron chi connectivity index (χ1n) is 7.48. The highest BCUT2D eigenvalue weighted by molar-refractivity contribution is 5.06. The smallest absolute Gasteiger partial charge is 0.0139 e. The number of nitrogens with one attached hydrogen (secondary N) is 2. The molecule has 2 heterocycles. The molecule has 0 saturated carbocycles. The fourth-order valence-corrected chi connectivity index (χ4v) is 3.74. The molecule has 17 heavy (non-hydrogen) atoms. The van der Waals surface area contributed by atoms with Crippen LogP contribution in [-0.2, 0) is 0 Å². The van der Waals surface area contributed by atoms with E-state index in [1.54, 1.807) is 0 Å². The summed E-state index contributed by atoms with van der Waals surface area (Å²) in [6.45, 7) is 11.9. The minimum absolute atomic E-state index is 0.634. The molecule has 100 valence electrons. The molecule has 2 rings (SSSR count). The molecular weight excluding hydrogens is 208 g/mol. The maximum atomic E-state index is 3.72. The summed E-state index contributed by atoms with van der Waals surface area (Å²) in [5.74, 6) is 1.64. The Morgan fingerprint density at radius 1 is 1.06 bits per heavy atom. The summed E-state index contributed by atoms with van der Waals surface area (Å²) in [7, 11) is 0. The van der Waals surface area contributed by atoms with Crippen molar-refractivity contribution in [1.29, 1.82) is 0 Å². The maximum Gasteiger partial charge on any atom is 0.0139 e. The third-order valence-electron chi connectivity index (χ3n) is 4.61. The molecule has 3 atom stereocenters. The first kappa shape index (κ1) is 13.4. The Hall–Kier alpha value is -0.0800. The van der Waals surface area contributed by atoms with Crippen molar-refractivity contribution in [3.05, 3.63) is 0 Å². The Bertz CT molecular complexity index is 249. The van der Waals surface area contributed by atoms with Crippen LogP contribution >= 0.6 is 0 Å². The molecule has 2 saturated heterocycles. The van der Waals surface area contributed by atoms with Crippen LogP contribution < -0.4 is 10.6 Å². The van der Waals surface area contributed by atoms with Gasteiger partial charge in [-0.15, -0.1) is 0 Å². The molecule has 2 heteroatoms. The summed E-state index contributed by atoms with van der Waals surface area (Å²) < 4.78 is 0. The lowest BCUT2D eigenvalue weighted by Crippen LogP contribution is -2.67. The van der Waals surface area contributed by atoms with E-state index in [0.717, 1.165) is 23.9 Å². The Morgan fingerprint density at radius 3 is 2.29 bits per heavy atom. The van der Waals surface area contributed by atoms with E-state index < -0.39 is 0 Å². The minimum atomic E-state index is 0.634. The van der Waals surface area contributed by atoms with Crippen molar-refractivity contribution in [2.75, 3.05) is 13.1 Å². The average Bonchev–Trinajstić information content (AvgIpc) is 2.24. The molecule has 0 aromatic carbocycles. The van der Waals surface area contributed by atoms with Crippen LogP contribution in [0.1, 0.15) is 53.4 Å². The van der Waals surface area contributed by atoms with Crippen molar-refractivity contribution in [1.82, 2.24) is 10.6 Å². The van der Waals surface area contributed by atoms with E-state index in [-0.39, 0.29) is 0 Å². The molecule has 2 aliphatic heterocycles. The quantitative estimate of drug-likeness (QED) is 0.787. The zero-order chi connectivity index (χ0) is 12.5. The SMILES string of the molecule is CC(C)CC1CC2(CCN1)CNC2CC(C)C. The largest absolute Gasteiger partial charge is 0.314 e. The summed E-state index contributed by atoms with van der Waals surface area (Å²) in [6, 6.07) is 1.56. The number of hydrogen-bond acceptors (Lipinski definition) is 2. The van der Waals surface area contributed by atoms with Gasteiger partial charge < -0.3 is 10.6 Å². The molecule has 2 aliphatic rings. The van der Waals surface area contributed by atoms with Crippen LogP contribution in [0.5, 0.6) is 0 Å². The Balaban J connectivity index is 1.91. The third kappa shape index (κ3) is 3.03. The molecule has 0 aromatic heterocycles. The van der Waals surface area contributed by atoms with E-state index in [2.05, 4.69) is 38.3 Å². The summed E-state index contributed by atoms with van der Waals surface area (Å²) in [5, 5.41) is 7.40. The summed E-state index contributed by atoms with van der Waals surface area (Å²) in [6.07, 6.45) is 5.48. The number of hydrogen-bond donors (Lipinski definition) is 2. The number of rotatable bonds is 4. The molecular formula is C15H30N2. The molecule has 2 N–H and O–H groups in total. The van der Waals surface area contributed by atoms with Crippen LogP contribution in [0.25, 0.3) is 0 Å². The fraction of sp³-hybridized carbons (Fsp3) is 1.00. The number of piperidine rings is 1. The first-order chi connectivity index (χ1) is 8.02. The molecule has 2 fully saturated rings. The zero-order valence-corrected chi connectivity index (χ0v) is 12.1. The summed E-state index contributed by atoms with van der Waals surface area (Å²) >= 11 is 0. The molecule has 0 radical (unpaired) electrons. The van der Waals surface area contributed by atoms with Crippen LogP contribution in [0, 0.1) is 17.3 Å². The highest BCUT2D eigenvalue weighted by Crippen LogP contribution is 2.43. The lowest BCUT2D eigenvalue weighted by molar-refractivity contribution is 0.0126. The lowest BCUT2D eigenvalue weighted by atomic mass is 9.63. The first-order valence-corrected chi connectivity index (χ1v) is 7.48. The van der Waals surface area contributed by atoms with Gasteiger partial charge in [-0.2, -0.15) is 0 Å². The van der Waals surface area contributed by atoms with Gasteiger partial charge in [0, 0.05) is 24.0 Å². The van der Waals surface area contributed by atoms with Crippen molar-refractivity contribution in [2.45, 2.75) is 65.5 Å². The van der Waals surface area contributed by atoms with Crippen LogP contribution in [0.4, 0.5) is 0 Å². The van der Waals surface area contributed by atoms with Crippen LogP contribution in [0.15, 0.2) is 0 Å². The highest BCUT2D eigenvalue weighted by Gasteiger charge is 2.48. The van der Waals surface area contributed by atoms with Crippen molar-refractivity contribution in [2.24, 2.45) is 17.3 Å². The predicted molar refractivity (Wildman–Crippen MR) is 74.2 cm³/mol. The van der Waals surface area contributed by atoms with Crippen LogP contribution in [0.2, 0.25) is 0 Å². The van der Waals surface area contributed by atoms with E-state index >= 15 is 0 Å². The molecule has 0 bridgehead atoms. The highest BCUT2D eigenvalue weighted by atomic mass is 15.1. The van der Waals surface area contributed by atoms with E-state index in [1.165, 1.54) is 38.8 Å². The molecule has 0 aliphatic carbocycles. The van der Waals surface area contributed by atoms with Gasteiger partial charge in [0.1, 0.15) is 0 Å². The molecule has 0 amide bonds. The van der Waals surface area contributed by atoms with Gasteiger partial charge in [0.15, 0.2) is 0 Å². The third-order valence-corrected chi connectivity index (χ3v) is 4.61. The van der Waals surface area contributed by atoms with Crippen molar-refractivity contribution < 1.29 is 0 Å². The van der Waals surface area contributed by atoms with Crippen molar-refractivity contribution in [3.8, 4) is 0 Å². The Morgan fingerprint density at radius 2 is 1.76 bits per heavy atom. The van der Waals surface area contributed by atoms with E-state index in [4.69, 9.17) is 0 Å². The molecule has 0 aromatic rings. The Labute approximate surface area is 107 Å². The standard InChI is InChI=1S/C15H30N2/c1-11(2)7-13-9-15(5-6-16-13)10-17-14(15)8-12(3)4/h11-14,16-17H,5-10H2,1-4H3. The maximum absolute atomic E-state index is 3.72. The van der Waals surface area contributed by atoms with Crippen LogP contribution in [-0.4, -0.2) is 25.2 Å². The lowest BCUT2D eigenvalue weighted by Gasteiger charge is -2.55. The van der Waals surface area contributed by atoms with Gasteiger partial charge in [0.25, 0.3) is 0 Å². The normalized spacial score (nSPS) is 37.8. The van der Waals surface area contributed by atoms with Gasteiger partial charge in [-0.05, 0) is 44.1 Å². The second-order valence-corrected chi connectivity index (χ2v) is 7.16. The van der Waals surface area contributed by atoms with E-state index in [1.807, 2.05) is 0 Å². The van der Waals surface area contributed by atoms with Gasteiger partial charge >= 0.3 is 0 Å². The van der Waals surface area contributed by atoms with Gasteiger partial charge in [-0.25, -0.2) is 0 Å². The van der Waals surface area contributed by atoms with Gasteiger partial charge in [0.2, 0.25) is 0 Å². The minimum Gasteiger partial charge on any atom is -0.314 e. The summed E-state index contributed by atoms with van der Waals surface area (Å²) in [5.41, 5.74) is 0.634. The monoisotopic (exact) mass is 238 g/mol. The van der Waals surface area contributed by atoms with Crippen molar-refractivity contribution >= 4 is 0 Å². The second kappa shape index (κ2) is 5.27. The van der Waals surface area contributed by atoms with E-state index in [0.29, 0.717) is 5.41 Å². The van der Waals surface area contributed by atoms with Crippen LogP contribution in [0.3, 0.4) is 0 Å². The molecule has 3 unspecified atom stereocenters. The fourth-order valence-electron chi connectivity index (χ4n) is 3.74. The average molecular weight is 238 g/mol. The predicted octanol–water partition coefficient (Wildman–Crippen LogP) is 2.79. The van der Waals surface area contributed by atoms with Crippen molar-refractivity contribution in [3.63, 3.8) is 0 Å².